The van der Waals surface area contributed by atoms with E-state index in [4.69, 9.17) is 11.6 Å². The lowest BCUT2D eigenvalue weighted by molar-refractivity contribution is -0.134. The lowest BCUT2D eigenvalue weighted by Gasteiger charge is -2.37. The van der Waals surface area contributed by atoms with Crippen LogP contribution in [0.5, 0.6) is 0 Å². The predicted octanol–water partition coefficient (Wildman–Crippen LogP) is 3.78. The molecule has 1 aliphatic rings. The maximum absolute atomic E-state index is 14.4. The van der Waals surface area contributed by atoms with Crippen LogP contribution in [0.1, 0.15) is 36.5 Å². The lowest BCUT2D eigenvalue weighted by atomic mass is 10.0. The number of aryl methyl sites for hydroxylation is 2. The van der Waals surface area contributed by atoms with E-state index in [1.54, 1.807) is 12.1 Å². The standard InChI is InChI=1S/C21H26ClFN4O/c1-13(2)21(28)27-10-8-26(9-11-27)20-16(14(3)24-15(4)25-20)12-17-18(22)6-5-7-19(17)23/h5-7,13H,8-12H2,1-4H3. The maximum atomic E-state index is 14.4. The van der Waals surface area contributed by atoms with E-state index < -0.39 is 0 Å². The number of anilines is 1. The number of hydrogen-bond acceptors (Lipinski definition) is 4. The number of hydrogen-bond donors (Lipinski definition) is 0. The fourth-order valence-electron chi connectivity index (χ4n) is 3.57. The van der Waals surface area contributed by atoms with Crippen molar-refractivity contribution in [3.8, 4) is 0 Å². The number of nitrogens with zero attached hydrogens (tertiary/aromatic N) is 4. The Bertz CT molecular complexity index is 859. The Balaban J connectivity index is 1.89. The van der Waals surface area contributed by atoms with Gasteiger partial charge in [0.1, 0.15) is 17.5 Å². The molecule has 5 nitrogen and oxygen atoms in total. The first-order valence-electron chi connectivity index (χ1n) is 9.58. The van der Waals surface area contributed by atoms with Crippen molar-refractivity contribution in [1.29, 1.82) is 0 Å². The zero-order valence-corrected chi connectivity index (χ0v) is 17.6. The largest absolute Gasteiger partial charge is 0.353 e. The number of carbonyl (C=O) groups is 1. The van der Waals surface area contributed by atoms with Gasteiger partial charge in [-0.1, -0.05) is 31.5 Å². The van der Waals surface area contributed by atoms with Crippen LogP contribution >= 0.6 is 11.6 Å². The molecular formula is C21H26ClFN4O. The number of rotatable bonds is 4. The molecule has 1 aromatic carbocycles. The monoisotopic (exact) mass is 404 g/mol. The molecule has 1 saturated heterocycles. The van der Waals surface area contributed by atoms with E-state index in [2.05, 4.69) is 14.9 Å². The minimum Gasteiger partial charge on any atom is -0.353 e. The van der Waals surface area contributed by atoms with Crippen LogP contribution in [0, 0.1) is 25.6 Å². The fraction of sp³-hybridized carbons (Fsp3) is 0.476. The Hall–Kier alpha value is -2.21. The average molecular weight is 405 g/mol. The average Bonchev–Trinajstić information content (AvgIpc) is 2.65. The summed E-state index contributed by atoms with van der Waals surface area (Å²) in [7, 11) is 0. The van der Waals surface area contributed by atoms with Crippen LogP contribution < -0.4 is 4.90 Å². The number of aromatic nitrogens is 2. The molecule has 150 valence electrons. The molecule has 3 rings (SSSR count). The molecule has 0 unspecified atom stereocenters. The van der Waals surface area contributed by atoms with E-state index >= 15 is 0 Å². The Morgan fingerprint density at radius 1 is 1.14 bits per heavy atom. The summed E-state index contributed by atoms with van der Waals surface area (Å²) in [4.78, 5) is 25.5. The SMILES string of the molecule is Cc1nc(C)c(Cc2c(F)cccc2Cl)c(N2CCN(C(=O)C(C)C)CC2)n1. The highest BCUT2D eigenvalue weighted by molar-refractivity contribution is 6.31. The van der Waals surface area contributed by atoms with Gasteiger partial charge >= 0.3 is 0 Å². The molecule has 1 aromatic heterocycles. The molecule has 0 aliphatic carbocycles. The van der Waals surface area contributed by atoms with Crippen LogP contribution in [0.4, 0.5) is 10.2 Å². The van der Waals surface area contributed by atoms with Gasteiger partial charge in [0.15, 0.2) is 0 Å². The van der Waals surface area contributed by atoms with Crippen molar-refractivity contribution in [3.63, 3.8) is 0 Å². The second-order valence-electron chi connectivity index (χ2n) is 7.50. The Morgan fingerprint density at radius 2 is 1.82 bits per heavy atom. The van der Waals surface area contributed by atoms with Crippen LogP contribution in [-0.2, 0) is 11.2 Å². The van der Waals surface area contributed by atoms with Gasteiger partial charge in [0.2, 0.25) is 5.91 Å². The molecule has 0 saturated carbocycles. The highest BCUT2D eigenvalue weighted by Gasteiger charge is 2.26. The molecule has 2 aromatic rings. The zero-order chi connectivity index (χ0) is 20.4. The van der Waals surface area contributed by atoms with Gasteiger partial charge in [-0.25, -0.2) is 14.4 Å². The second-order valence-corrected chi connectivity index (χ2v) is 7.91. The molecule has 0 atom stereocenters. The Morgan fingerprint density at radius 3 is 2.43 bits per heavy atom. The quantitative estimate of drug-likeness (QED) is 0.778. The van der Waals surface area contributed by atoms with Crippen LogP contribution in [-0.4, -0.2) is 47.0 Å². The van der Waals surface area contributed by atoms with Crippen LogP contribution in [0.2, 0.25) is 5.02 Å². The van der Waals surface area contributed by atoms with E-state index in [0.717, 1.165) is 17.1 Å². The fourth-order valence-corrected chi connectivity index (χ4v) is 3.80. The maximum Gasteiger partial charge on any atom is 0.225 e. The van der Waals surface area contributed by atoms with Crippen LogP contribution in [0.3, 0.4) is 0 Å². The number of benzene rings is 1. The van der Waals surface area contributed by atoms with Gasteiger partial charge in [-0.05, 0) is 26.0 Å². The normalized spacial score (nSPS) is 14.7. The Kier molecular flexibility index (Phi) is 6.18. The summed E-state index contributed by atoms with van der Waals surface area (Å²) < 4.78 is 14.4. The number of amides is 1. The smallest absolute Gasteiger partial charge is 0.225 e. The van der Waals surface area contributed by atoms with Gasteiger partial charge in [0.05, 0.1) is 0 Å². The van der Waals surface area contributed by atoms with Gasteiger partial charge in [-0.2, -0.15) is 0 Å². The van der Waals surface area contributed by atoms with Gasteiger partial charge in [0.25, 0.3) is 0 Å². The van der Waals surface area contributed by atoms with E-state index in [9.17, 15) is 9.18 Å². The third-order valence-corrected chi connectivity index (χ3v) is 5.46. The molecule has 7 heteroatoms. The molecule has 1 amide bonds. The highest BCUT2D eigenvalue weighted by atomic mass is 35.5. The van der Waals surface area contributed by atoms with Crippen LogP contribution in [0.25, 0.3) is 0 Å². The van der Waals surface area contributed by atoms with Crippen molar-refractivity contribution in [1.82, 2.24) is 14.9 Å². The van der Waals surface area contributed by atoms with E-state index in [0.29, 0.717) is 49.0 Å². The lowest BCUT2D eigenvalue weighted by Crippen LogP contribution is -2.50. The predicted molar refractivity (Wildman–Crippen MR) is 109 cm³/mol. The molecule has 0 bridgehead atoms. The summed E-state index contributed by atoms with van der Waals surface area (Å²) in [5, 5.41) is 0.401. The third kappa shape index (κ3) is 4.27. The highest BCUT2D eigenvalue weighted by Crippen LogP contribution is 2.29. The number of carbonyl (C=O) groups excluding carboxylic acids is 1. The summed E-state index contributed by atoms with van der Waals surface area (Å²) in [6, 6.07) is 4.72. The minimum atomic E-state index is -0.328. The van der Waals surface area contributed by atoms with Crippen molar-refractivity contribution in [2.24, 2.45) is 5.92 Å². The Labute approximate surface area is 170 Å². The van der Waals surface area contributed by atoms with Crippen molar-refractivity contribution < 1.29 is 9.18 Å². The van der Waals surface area contributed by atoms with Gasteiger partial charge in [-0.15, -0.1) is 0 Å². The molecular weight excluding hydrogens is 379 g/mol. The molecule has 2 heterocycles. The molecule has 1 fully saturated rings. The molecule has 0 N–H and O–H groups in total. The van der Waals surface area contributed by atoms with Crippen molar-refractivity contribution in [3.05, 3.63) is 51.7 Å². The summed E-state index contributed by atoms with van der Waals surface area (Å²) in [6.45, 7) is 10.3. The third-order valence-electron chi connectivity index (χ3n) is 5.10. The first kappa shape index (κ1) is 20.5. The van der Waals surface area contributed by atoms with Crippen molar-refractivity contribution in [2.45, 2.75) is 34.1 Å². The van der Waals surface area contributed by atoms with Crippen LogP contribution in [0.15, 0.2) is 18.2 Å². The molecule has 0 spiro atoms. The summed E-state index contributed by atoms with van der Waals surface area (Å²) >= 11 is 6.25. The summed E-state index contributed by atoms with van der Waals surface area (Å²) in [5.74, 6) is 1.32. The molecule has 1 aliphatic heterocycles. The van der Waals surface area contributed by atoms with Crippen molar-refractivity contribution >= 4 is 23.3 Å². The number of piperazine rings is 1. The number of halogens is 2. The topological polar surface area (TPSA) is 49.3 Å². The molecule has 0 radical (unpaired) electrons. The van der Waals surface area contributed by atoms with E-state index in [1.165, 1.54) is 6.07 Å². The van der Waals surface area contributed by atoms with E-state index in [1.807, 2.05) is 32.6 Å². The summed E-state index contributed by atoms with van der Waals surface area (Å²) in [6.07, 6.45) is 0.331. The first-order chi connectivity index (χ1) is 13.3. The summed E-state index contributed by atoms with van der Waals surface area (Å²) in [5.41, 5.74) is 2.15. The van der Waals surface area contributed by atoms with E-state index in [-0.39, 0.29) is 17.6 Å². The van der Waals surface area contributed by atoms with Gasteiger partial charge in [0, 0.05) is 60.4 Å². The van der Waals surface area contributed by atoms with Gasteiger partial charge < -0.3 is 9.80 Å². The molecule has 28 heavy (non-hydrogen) atoms. The first-order valence-corrected chi connectivity index (χ1v) is 9.96. The zero-order valence-electron chi connectivity index (χ0n) is 16.8. The minimum absolute atomic E-state index is 0.00570. The van der Waals surface area contributed by atoms with Crippen molar-refractivity contribution in [2.75, 3.05) is 31.1 Å². The second kappa shape index (κ2) is 8.43. The van der Waals surface area contributed by atoms with Gasteiger partial charge in [-0.3, -0.25) is 4.79 Å².